The summed E-state index contributed by atoms with van der Waals surface area (Å²) in [5.41, 5.74) is 1.08. The molecule has 2 rings (SSSR count). The lowest BCUT2D eigenvalue weighted by molar-refractivity contribution is -0.385. The largest absolute Gasteiger partial charge is 0.395 e. The van der Waals surface area contributed by atoms with Crippen LogP contribution in [0.5, 0.6) is 0 Å². The molecule has 1 fully saturated rings. The lowest BCUT2D eigenvalue weighted by Gasteiger charge is -2.30. The number of rotatable bonds is 6. The van der Waals surface area contributed by atoms with E-state index in [2.05, 4.69) is 4.90 Å². The van der Waals surface area contributed by atoms with Crippen LogP contribution in [0.2, 0.25) is 0 Å². The van der Waals surface area contributed by atoms with Crippen LogP contribution in [0, 0.1) is 10.1 Å². The normalized spacial score (nSPS) is 15.5. The summed E-state index contributed by atoms with van der Waals surface area (Å²) in [4.78, 5) is 12.5. The summed E-state index contributed by atoms with van der Waals surface area (Å²) in [5.74, 6) is 0. The summed E-state index contributed by atoms with van der Waals surface area (Å²) in [7, 11) is 0. The monoisotopic (exact) mass is 280 g/mol. The molecule has 0 spiro atoms. The molecule has 0 radical (unpaired) electrons. The van der Waals surface area contributed by atoms with E-state index in [9.17, 15) is 20.3 Å². The van der Waals surface area contributed by atoms with Gasteiger partial charge >= 0.3 is 0 Å². The molecule has 0 saturated heterocycles. The van der Waals surface area contributed by atoms with Gasteiger partial charge in [-0.3, -0.25) is 10.1 Å². The summed E-state index contributed by atoms with van der Waals surface area (Å²) in [6, 6.07) is 5.16. The number of hydrogen-bond donors (Lipinski definition) is 2. The topological polar surface area (TPSA) is 86.8 Å². The van der Waals surface area contributed by atoms with Gasteiger partial charge in [-0.2, -0.15) is 0 Å². The van der Waals surface area contributed by atoms with E-state index in [1.807, 2.05) is 0 Å². The molecule has 0 bridgehead atoms. The fraction of sp³-hybridized carbons (Fsp3) is 0.571. The Hall–Kier alpha value is -1.66. The standard InChI is InChI=1S/C14H20N2O4/c17-8-7-15(12-3-1-2-4-12)13-5-6-14(16(19)20)11(9-13)10-18/h5-6,9,12,17-18H,1-4,7-8,10H2. The summed E-state index contributed by atoms with van der Waals surface area (Å²) in [6.07, 6.45) is 4.50. The minimum atomic E-state index is -0.485. The number of aliphatic hydroxyl groups is 2. The number of nitrogens with zero attached hydrogens (tertiary/aromatic N) is 2. The van der Waals surface area contributed by atoms with Crippen molar-refractivity contribution in [1.29, 1.82) is 0 Å². The average Bonchev–Trinajstić information content (AvgIpc) is 2.97. The summed E-state index contributed by atoms with van der Waals surface area (Å²) < 4.78 is 0. The van der Waals surface area contributed by atoms with Gasteiger partial charge in [0, 0.05) is 24.3 Å². The number of hydrogen-bond acceptors (Lipinski definition) is 5. The van der Waals surface area contributed by atoms with Crippen molar-refractivity contribution < 1.29 is 15.1 Å². The zero-order chi connectivity index (χ0) is 14.5. The quantitative estimate of drug-likeness (QED) is 0.613. The highest BCUT2D eigenvalue weighted by atomic mass is 16.6. The molecule has 2 N–H and O–H groups in total. The molecule has 1 aromatic carbocycles. The molecule has 0 aromatic heterocycles. The van der Waals surface area contributed by atoms with Gasteiger partial charge in [0.15, 0.2) is 0 Å². The molecule has 1 aromatic rings. The van der Waals surface area contributed by atoms with Crippen LogP contribution in [0.1, 0.15) is 31.2 Å². The maximum Gasteiger partial charge on any atom is 0.275 e. The van der Waals surface area contributed by atoms with E-state index < -0.39 is 4.92 Å². The molecule has 6 nitrogen and oxygen atoms in total. The Balaban J connectivity index is 2.30. The van der Waals surface area contributed by atoms with Gasteiger partial charge in [0.05, 0.1) is 23.7 Å². The van der Waals surface area contributed by atoms with E-state index in [0.29, 0.717) is 18.2 Å². The van der Waals surface area contributed by atoms with Crippen molar-refractivity contribution in [2.45, 2.75) is 38.3 Å². The molecule has 1 aliphatic rings. The van der Waals surface area contributed by atoms with E-state index in [0.717, 1.165) is 18.5 Å². The maximum atomic E-state index is 10.9. The molecule has 0 amide bonds. The Bertz CT molecular complexity index is 472. The molecule has 0 atom stereocenters. The van der Waals surface area contributed by atoms with Crippen molar-refractivity contribution in [3.8, 4) is 0 Å². The first-order chi connectivity index (χ1) is 9.67. The Morgan fingerprint density at radius 3 is 2.55 bits per heavy atom. The highest BCUT2D eigenvalue weighted by molar-refractivity contribution is 5.56. The van der Waals surface area contributed by atoms with Crippen molar-refractivity contribution in [2.24, 2.45) is 0 Å². The summed E-state index contributed by atoms with van der Waals surface area (Å²) in [5, 5.41) is 29.4. The number of nitro benzene ring substituents is 1. The van der Waals surface area contributed by atoms with E-state index in [-0.39, 0.29) is 18.9 Å². The summed E-state index contributed by atoms with van der Waals surface area (Å²) in [6.45, 7) is 0.192. The van der Waals surface area contributed by atoms with Gasteiger partial charge in [-0.25, -0.2) is 0 Å². The number of benzene rings is 1. The molecule has 0 heterocycles. The van der Waals surface area contributed by atoms with Crippen LogP contribution in [0.4, 0.5) is 11.4 Å². The molecule has 1 saturated carbocycles. The van der Waals surface area contributed by atoms with Crippen molar-refractivity contribution in [3.05, 3.63) is 33.9 Å². The molecular formula is C14H20N2O4. The van der Waals surface area contributed by atoms with Gasteiger partial charge in [0.25, 0.3) is 5.69 Å². The molecule has 0 unspecified atom stereocenters. The van der Waals surface area contributed by atoms with E-state index in [1.165, 1.54) is 18.9 Å². The van der Waals surface area contributed by atoms with Gasteiger partial charge in [-0.05, 0) is 25.0 Å². The van der Waals surface area contributed by atoms with Crippen molar-refractivity contribution in [1.82, 2.24) is 0 Å². The Morgan fingerprint density at radius 1 is 1.30 bits per heavy atom. The lowest BCUT2D eigenvalue weighted by Crippen LogP contribution is -2.35. The second kappa shape index (κ2) is 6.67. The average molecular weight is 280 g/mol. The van der Waals surface area contributed by atoms with Crippen LogP contribution in [-0.2, 0) is 6.61 Å². The fourth-order valence-electron chi connectivity index (χ4n) is 2.90. The van der Waals surface area contributed by atoms with Gasteiger partial charge in [0.1, 0.15) is 0 Å². The van der Waals surface area contributed by atoms with Crippen LogP contribution in [-0.4, -0.2) is 34.3 Å². The van der Waals surface area contributed by atoms with E-state index in [4.69, 9.17) is 0 Å². The van der Waals surface area contributed by atoms with Gasteiger partial charge in [-0.1, -0.05) is 12.8 Å². The van der Waals surface area contributed by atoms with Crippen molar-refractivity contribution >= 4 is 11.4 Å². The van der Waals surface area contributed by atoms with Gasteiger partial charge in [0.2, 0.25) is 0 Å². The SMILES string of the molecule is O=[N+]([O-])c1ccc(N(CCO)C2CCCC2)cc1CO. The molecule has 1 aliphatic carbocycles. The molecule has 0 aliphatic heterocycles. The van der Waals surface area contributed by atoms with Crippen molar-refractivity contribution in [2.75, 3.05) is 18.1 Å². The number of anilines is 1. The zero-order valence-electron chi connectivity index (χ0n) is 11.4. The van der Waals surface area contributed by atoms with Crippen LogP contribution in [0.3, 0.4) is 0 Å². The molecule has 20 heavy (non-hydrogen) atoms. The fourth-order valence-corrected chi connectivity index (χ4v) is 2.90. The third kappa shape index (κ3) is 3.08. The van der Waals surface area contributed by atoms with Gasteiger partial charge < -0.3 is 15.1 Å². The van der Waals surface area contributed by atoms with Gasteiger partial charge in [-0.15, -0.1) is 0 Å². The van der Waals surface area contributed by atoms with Crippen LogP contribution in [0.15, 0.2) is 18.2 Å². The zero-order valence-corrected chi connectivity index (χ0v) is 11.4. The Kier molecular flexibility index (Phi) is 4.92. The smallest absolute Gasteiger partial charge is 0.275 e. The Morgan fingerprint density at radius 2 is 2.00 bits per heavy atom. The van der Waals surface area contributed by atoms with Crippen LogP contribution in [0.25, 0.3) is 0 Å². The van der Waals surface area contributed by atoms with Crippen LogP contribution < -0.4 is 4.90 Å². The van der Waals surface area contributed by atoms with Crippen LogP contribution >= 0.6 is 0 Å². The lowest BCUT2D eigenvalue weighted by atomic mass is 10.1. The molecular weight excluding hydrogens is 260 g/mol. The first-order valence-electron chi connectivity index (χ1n) is 6.93. The minimum Gasteiger partial charge on any atom is -0.395 e. The summed E-state index contributed by atoms with van der Waals surface area (Å²) >= 11 is 0. The predicted molar refractivity (Wildman–Crippen MR) is 75.7 cm³/mol. The molecule has 6 heteroatoms. The minimum absolute atomic E-state index is 0.0436. The highest BCUT2D eigenvalue weighted by Gasteiger charge is 2.24. The third-order valence-electron chi connectivity index (χ3n) is 3.87. The first-order valence-corrected chi connectivity index (χ1v) is 6.93. The first kappa shape index (κ1) is 14.7. The Labute approximate surface area is 117 Å². The number of nitro groups is 1. The van der Waals surface area contributed by atoms with Crippen molar-refractivity contribution in [3.63, 3.8) is 0 Å². The second-order valence-electron chi connectivity index (χ2n) is 5.08. The van der Waals surface area contributed by atoms with E-state index >= 15 is 0 Å². The predicted octanol–water partition coefficient (Wildman–Crippen LogP) is 1.83. The number of aliphatic hydroxyl groups excluding tert-OH is 2. The highest BCUT2D eigenvalue weighted by Crippen LogP contribution is 2.31. The van der Waals surface area contributed by atoms with E-state index in [1.54, 1.807) is 12.1 Å². The third-order valence-corrected chi connectivity index (χ3v) is 3.87. The second-order valence-corrected chi connectivity index (χ2v) is 5.08. The maximum absolute atomic E-state index is 10.9. The molecule has 110 valence electrons.